The van der Waals surface area contributed by atoms with Gasteiger partial charge < -0.3 is 24.8 Å². The number of ketones is 1. The first-order valence-electron chi connectivity index (χ1n) is 11.0. The number of Topliss-reactive ketones (excluding diaryl/α,β-unsaturated/α-hetero) is 1. The minimum absolute atomic E-state index is 0.121. The molecule has 178 valence electrons. The molecule has 0 saturated carbocycles. The molecule has 0 radical (unpaired) electrons. The third-order valence-electron chi connectivity index (χ3n) is 7.15. The van der Waals surface area contributed by atoms with Gasteiger partial charge in [0.2, 0.25) is 0 Å². The molecule has 0 aromatic carbocycles. The molecule has 2 fully saturated rings. The van der Waals surface area contributed by atoms with Crippen molar-refractivity contribution in [3.05, 3.63) is 9.66 Å². The highest BCUT2D eigenvalue weighted by Gasteiger charge is 2.56. The van der Waals surface area contributed by atoms with Gasteiger partial charge in [-0.05, 0) is 35.3 Å². The van der Waals surface area contributed by atoms with E-state index in [0.717, 1.165) is 12.0 Å². The molecule has 0 aromatic rings. The van der Waals surface area contributed by atoms with Gasteiger partial charge in [-0.1, -0.05) is 56.7 Å². The number of carbonyl (C=O) groups is 2. The van der Waals surface area contributed by atoms with Crippen molar-refractivity contribution < 1.29 is 34.4 Å². The number of hydrogen-bond acceptors (Lipinski definition) is 7. The first kappa shape index (κ1) is 26.7. The number of halogens is 1. The van der Waals surface area contributed by atoms with Crippen LogP contribution in [-0.4, -0.2) is 63.7 Å². The number of aliphatic hydroxyl groups excluding tert-OH is 3. The van der Waals surface area contributed by atoms with Crippen molar-refractivity contribution in [3.8, 4) is 0 Å². The Labute approximate surface area is 198 Å². The Balaban J connectivity index is 2.29. The van der Waals surface area contributed by atoms with Crippen molar-refractivity contribution in [1.29, 1.82) is 0 Å². The van der Waals surface area contributed by atoms with Gasteiger partial charge in [0.1, 0.15) is 17.5 Å². The molecule has 2 aliphatic rings. The molecule has 31 heavy (non-hydrogen) atoms. The largest absolute Gasteiger partial charge is 0.458 e. The van der Waals surface area contributed by atoms with E-state index in [-0.39, 0.29) is 30.8 Å². The number of aliphatic hydroxyl groups is 3. The maximum atomic E-state index is 13.1. The van der Waals surface area contributed by atoms with E-state index in [1.165, 1.54) is 0 Å². The van der Waals surface area contributed by atoms with Crippen molar-refractivity contribution in [2.24, 2.45) is 17.3 Å². The van der Waals surface area contributed by atoms with Crippen molar-refractivity contribution in [2.75, 3.05) is 6.61 Å². The average Bonchev–Trinajstić information content (AvgIpc) is 3.42. The highest BCUT2D eigenvalue weighted by Crippen LogP contribution is 2.45. The van der Waals surface area contributed by atoms with Crippen molar-refractivity contribution in [2.45, 2.75) is 96.7 Å². The summed E-state index contributed by atoms with van der Waals surface area (Å²) < 4.78 is 13.4. The second kappa shape index (κ2) is 10.6. The molecule has 2 heterocycles. The predicted octanol–water partition coefficient (Wildman–Crippen LogP) is 2.92. The molecule has 0 spiro atoms. The number of fused-ring (bicyclic) bond motifs is 1. The fourth-order valence-electron chi connectivity index (χ4n) is 4.45. The van der Waals surface area contributed by atoms with Gasteiger partial charge in [-0.2, -0.15) is 0 Å². The number of cyclic esters (lactones) is 1. The fraction of sp³-hybridized carbons (Fsp3) is 0.826. The summed E-state index contributed by atoms with van der Waals surface area (Å²) >= 11 is 2.09. The summed E-state index contributed by atoms with van der Waals surface area (Å²) in [5.74, 6) is -1.69. The van der Waals surface area contributed by atoms with E-state index in [2.05, 4.69) is 22.6 Å². The zero-order valence-corrected chi connectivity index (χ0v) is 21.3. The number of rotatable bonds is 2. The molecular formula is C23H37IO7. The monoisotopic (exact) mass is 552 g/mol. The highest BCUT2D eigenvalue weighted by molar-refractivity contribution is 14.1. The van der Waals surface area contributed by atoms with Crippen LogP contribution in [0.25, 0.3) is 0 Å². The lowest BCUT2D eigenvalue weighted by atomic mass is 9.73. The smallest absolute Gasteiger partial charge is 0.309 e. The number of hydrogen-bond donors (Lipinski definition) is 3. The zero-order chi connectivity index (χ0) is 23.6. The van der Waals surface area contributed by atoms with Gasteiger partial charge >= 0.3 is 5.97 Å². The van der Waals surface area contributed by atoms with E-state index < -0.39 is 41.2 Å². The number of carbonyl (C=O) groups excluding carboxylic acids is 2. The maximum Gasteiger partial charge on any atom is 0.309 e. The van der Waals surface area contributed by atoms with Gasteiger partial charge in [0.25, 0.3) is 0 Å². The lowest BCUT2D eigenvalue weighted by Crippen LogP contribution is -2.45. The third kappa shape index (κ3) is 6.07. The quantitative estimate of drug-likeness (QED) is 0.274. The number of epoxide rings is 1. The minimum Gasteiger partial charge on any atom is -0.458 e. The number of esters is 1. The van der Waals surface area contributed by atoms with Crippen molar-refractivity contribution in [3.63, 3.8) is 0 Å². The first-order chi connectivity index (χ1) is 14.4. The molecule has 8 heteroatoms. The van der Waals surface area contributed by atoms with Gasteiger partial charge in [0.15, 0.2) is 0 Å². The van der Waals surface area contributed by atoms with Gasteiger partial charge in [-0.3, -0.25) is 9.59 Å². The fourth-order valence-corrected chi connectivity index (χ4v) is 4.86. The van der Waals surface area contributed by atoms with Crippen LogP contribution >= 0.6 is 22.6 Å². The lowest BCUT2D eigenvalue weighted by Gasteiger charge is -2.34. The van der Waals surface area contributed by atoms with Gasteiger partial charge in [-0.15, -0.1) is 0 Å². The van der Waals surface area contributed by atoms with Crippen LogP contribution in [0.1, 0.15) is 66.7 Å². The molecule has 7 atom stereocenters. The standard InChI is InChI=1S/C23H37IO7/c1-13-7-6-8-23(12-25)18(31-23)9-16(14(2)11-24)30-19(27)10-17(26)22(4,5)21(29)15(3)20(13)28/h11,13,15-18,20,25-26,28H,6-10,12H2,1-5H3/b14-11+/t13-,15+,16-,17-,18-,20-,23-/m0/s1. The maximum absolute atomic E-state index is 13.1. The van der Waals surface area contributed by atoms with Crippen LogP contribution in [0.15, 0.2) is 9.66 Å². The average molecular weight is 552 g/mol. The molecule has 0 aromatic heterocycles. The van der Waals surface area contributed by atoms with Crippen LogP contribution in [0.3, 0.4) is 0 Å². The Morgan fingerprint density at radius 2 is 1.90 bits per heavy atom. The van der Waals surface area contributed by atoms with E-state index in [1.54, 1.807) is 20.8 Å². The van der Waals surface area contributed by atoms with Crippen LogP contribution < -0.4 is 0 Å². The molecule has 0 bridgehead atoms. The van der Waals surface area contributed by atoms with Crippen LogP contribution in [0.4, 0.5) is 0 Å². The van der Waals surface area contributed by atoms with E-state index in [9.17, 15) is 24.9 Å². The second-order valence-corrected chi connectivity index (χ2v) is 10.5. The third-order valence-corrected chi connectivity index (χ3v) is 8.13. The molecule has 0 amide bonds. The lowest BCUT2D eigenvalue weighted by molar-refractivity contribution is -0.154. The van der Waals surface area contributed by atoms with Gasteiger partial charge in [0, 0.05) is 12.3 Å². The van der Waals surface area contributed by atoms with E-state index in [1.807, 2.05) is 17.9 Å². The SMILES string of the molecule is C/C(=C\I)[C@@H]1C[C@@H]2O[C@]2(CO)CCC[C@H](C)[C@H](O)[C@@H](C)C(=O)C(C)(C)[C@@H](O)CC(=O)O1. The van der Waals surface area contributed by atoms with Gasteiger partial charge in [0.05, 0.1) is 36.8 Å². The van der Waals surface area contributed by atoms with Crippen LogP contribution in [0, 0.1) is 17.3 Å². The predicted molar refractivity (Wildman–Crippen MR) is 125 cm³/mol. The Morgan fingerprint density at radius 3 is 2.48 bits per heavy atom. The molecule has 2 aliphatic heterocycles. The van der Waals surface area contributed by atoms with E-state index >= 15 is 0 Å². The highest BCUT2D eigenvalue weighted by atomic mass is 127. The molecule has 2 saturated heterocycles. The summed E-state index contributed by atoms with van der Waals surface area (Å²) in [4.78, 5) is 25.7. The summed E-state index contributed by atoms with van der Waals surface area (Å²) in [6.45, 7) is 8.51. The van der Waals surface area contributed by atoms with Crippen molar-refractivity contribution >= 4 is 34.3 Å². The Hall–Kier alpha value is -0.550. The Morgan fingerprint density at radius 1 is 1.26 bits per heavy atom. The summed E-state index contributed by atoms with van der Waals surface area (Å²) in [5.41, 5.74) is -1.00. The summed E-state index contributed by atoms with van der Waals surface area (Å²) in [7, 11) is 0. The Kier molecular flexibility index (Phi) is 9.12. The topological polar surface area (TPSA) is 117 Å². The summed E-state index contributed by atoms with van der Waals surface area (Å²) in [5, 5.41) is 31.4. The van der Waals surface area contributed by atoms with Crippen molar-refractivity contribution in [1.82, 2.24) is 0 Å². The molecule has 3 N–H and O–H groups in total. The molecule has 0 unspecified atom stereocenters. The van der Waals surface area contributed by atoms with Crippen LogP contribution in [-0.2, 0) is 19.1 Å². The normalized spacial score (nSPS) is 40.7. The van der Waals surface area contributed by atoms with E-state index in [0.29, 0.717) is 19.3 Å². The zero-order valence-electron chi connectivity index (χ0n) is 19.1. The summed E-state index contributed by atoms with van der Waals surface area (Å²) in [6.07, 6.45) is -0.698. The number of ether oxygens (including phenoxy) is 2. The molecular weight excluding hydrogens is 515 g/mol. The van der Waals surface area contributed by atoms with Crippen LogP contribution in [0.2, 0.25) is 0 Å². The van der Waals surface area contributed by atoms with Crippen LogP contribution in [0.5, 0.6) is 0 Å². The second-order valence-electron chi connectivity index (χ2n) is 9.85. The molecule has 2 rings (SSSR count). The van der Waals surface area contributed by atoms with E-state index in [4.69, 9.17) is 9.47 Å². The Bertz CT molecular complexity index is 691. The molecule has 7 nitrogen and oxygen atoms in total. The van der Waals surface area contributed by atoms with Gasteiger partial charge in [-0.25, -0.2) is 0 Å². The molecule has 0 aliphatic carbocycles. The first-order valence-corrected chi connectivity index (χ1v) is 12.3. The summed E-state index contributed by atoms with van der Waals surface area (Å²) in [6, 6.07) is 0. The minimum atomic E-state index is -1.23.